The van der Waals surface area contributed by atoms with Crippen LogP contribution in [0.25, 0.3) is 0 Å². The fourth-order valence-electron chi connectivity index (χ4n) is 1.06. The van der Waals surface area contributed by atoms with E-state index in [9.17, 15) is 4.79 Å². The van der Waals surface area contributed by atoms with Crippen LogP contribution in [-0.4, -0.2) is 12.1 Å². The average molecular weight is 415 g/mol. The van der Waals surface area contributed by atoms with Gasteiger partial charge in [0, 0.05) is 5.57 Å². The van der Waals surface area contributed by atoms with Gasteiger partial charge in [0.1, 0.15) is 0 Å². The summed E-state index contributed by atoms with van der Waals surface area (Å²) < 4.78 is 5.11. The molecule has 0 aliphatic heterocycles. The molecule has 0 radical (unpaired) electrons. The topological polar surface area (TPSA) is 26.3 Å². The van der Waals surface area contributed by atoms with E-state index in [1.54, 1.807) is 6.92 Å². The van der Waals surface area contributed by atoms with Crippen LogP contribution in [0, 0.1) is 32.6 Å². The van der Waals surface area contributed by atoms with Crippen LogP contribution in [0.2, 0.25) is 0 Å². The van der Waals surface area contributed by atoms with Crippen LogP contribution in [0.4, 0.5) is 0 Å². The summed E-state index contributed by atoms with van der Waals surface area (Å²) in [5.74, 6) is -0.217. The predicted octanol–water partition coefficient (Wildman–Crippen LogP) is 5.76. The van der Waals surface area contributed by atoms with Crippen LogP contribution in [0.5, 0.6) is 0 Å². The molecule has 5 heteroatoms. The first-order valence-corrected chi connectivity index (χ1v) is 13.2. The van der Waals surface area contributed by atoms with Crippen LogP contribution < -0.4 is 0 Å². The zero-order valence-electron chi connectivity index (χ0n) is 13.6. The van der Waals surface area contributed by atoms with Gasteiger partial charge >= 0.3 is 43.8 Å². The summed E-state index contributed by atoms with van der Waals surface area (Å²) >= 11 is -0.826. The van der Waals surface area contributed by atoms with E-state index in [4.69, 9.17) is 21.8 Å². The summed E-state index contributed by atoms with van der Waals surface area (Å²) in [6.45, 7) is 18.6. The van der Waals surface area contributed by atoms with Crippen LogP contribution in [-0.2, 0) is 30.4 Å². The number of ether oxygens (including phenoxy) is 1. The Labute approximate surface area is 150 Å². The summed E-state index contributed by atoms with van der Waals surface area (Å²) in [7, 11) is 9.87. The van der Waals surface area contributed by atoms with E-state index in [2.05, 4.69) is 26.8 Å². The fraction of sp³-hybridized carbons (Fsp3) is 0.562. The molecule has 0 aromatic rings. The van der Waals surface area contributed by atoms with Gasteiger partial charge in [-0.05, 0) is 13.8 Å². The molecule has 0 amide bonds. The Morgan fingerprint density at radius 1 is 1.38 bits per heavy atom. The minimum absolute atomic E-state index is 0.119. The van der Waals surface area contributed by atoms with Crippen molar-refractivity contribution in [2.24, 2.45) is 5.92 Å². The molecular weight excluding hydrogens is 386 g/mol. The van der Waals surface area contributed by atoms with Crippen molar-refractivity contribution < 1.29 is 30.4 Å². The van der Waals surface area contributed by atoms with Gasteiger partial charge in [-0.3, -0.25) is 0 Å². The molecule has 0 saturated heterocycles. The third-order valence-electron chi connectivity index (χ3n) is 2.34. The summed E-state index contributed by atoms with van der Waals surface area (Å²) in [6, 6.07) is 0. The number of esters is 1. The van der Waals surface area contributed by atoms with Gasteiger partial charge in [-0.15, -0.1) is 0 Å². The van der Waals surface area contributed by atoms with E-state index < -0.39 is 20.8 Å². The second kappa shape index (κ2) is 20.7. The number of hydrogen-bond donors (Lipinski definition) is 0. The molecule has 0 fully saturated rings. The van der Waals surface area contributed by atoms with Gasteiger partial charge in [-0.25, -0.2) is 24.1 Å². The summed E-state index contributed by atoms with van der Waals surface area (Å²) in [5.41, 5.74) is 0.430. The van der Waals surface area contributed by atoms with E-state index in [0.717, 1.165) is 19.3 Å². The van der Waals surface area contributed by atoms with E-state index >= 15 is 0 Å². The van der Waals surface area contributed by atoms with Crippen molar-refractivity contribution in [3.8, 4) is 0 Å². The summed E-state index contributed by atoms with van der Waals surface area (Å²) in [4.78, 5) is 11.1. The standard InChI is InChI=1S/C11H18O2.C5H10.2ClH.Zr/c1-6-7-9(4)10(5)13-11(12)8(2)3;1-3-5-4-2;;;/h6,9-10H,2,4,7H2,1,3,5H3;4H,1,3,5H2,2H3;2*1H;/q2*-2;;;+2/p-2. The summed E-state index contributed by atoms with van der Waals surface area (Å²) in [6.07, 6.45) is 7.03. The Kier molecular flexibility index (Phi) is 26.2. The van der Waals surface area contributed by atoms with Gasteiger partial charge in [0.05, 0.1) is 6.10 Å². The Bertz CT molecular complexity index is 246. The Morgan fingerprint density at radius 2 is 1.86 bits per heavy atom. The number of unbranched alkanes of at least 4 members (excludes halogenated alkanes) is 2. The molecule has 0 rings (SSSR count). The molecule has 21 heavy (non-hydrogen) atoms. The molecule has 0 aromatic heterocycles. The maximum atomic E-state index is 11.1. The first-order valence-electron chi connectivity index (χ1n) is 6.82. The zero-order valence-corrected chi connectivity index (χ0v) is 17.6. The van der Waals surface area contributed by atoms with Crippen molar-refractivity contribution in [2.75, 3.05) is 0 Å². The summed E-state index contributed by atoms with van der Waals surface area (Å²) in [5, 5.41) is 0. The fourth-order valence-corrected chi connectivity index (χ4v) is 1.06. The van der Waals surface area contributed by atoms with Gasteiger partial charge < -0.3 is 31.4 Å². The van der Waals surface area contributed by atoms with Crippen LogP contribution in [0.1, 0.15) is 47.0 Å². The second-order valence-corrected chi connectivity index (χ2v) is 8.15. The molecule has 0 aromatic carbocycles. The molecule has 0 spiro atoms. The van der Waals surface area contributed by atoms with Crippen molar-refractivity contribution in [1.29, 1.82) is 0 Å². The molecule has 2 nitrogen and oxygen atoms in total. The van der Waals surface area contributed by atoms with Crippen LogP contribution in [0.15, 0.2) is 12.2 Å². The molecule has 2 unspecified atom stereocenters. The SMILES string of the molecule is C=C(C)C(=O)OC(C)C([CH2-])C[CH-]C.[CH2-]CC[CH-]C.[Cl][Zr][Cl]. The maximum absolute atomic E-state index is 11.1. The zero-order chi connectivity index (χ0) is 17.3. The molecule has 126 valence electrons. The number of hydrogen-bond acceptors (Lipinski definition) is 2. The number of rotatable bonds is 7. The van der Waals surface area contributed by atoms with Gasteiger partial charge in [0.2, 0.25) is 0 Å². The van der Waals surface area contributed by atoms with Gasteiger partial charge in [-0.1, -0.05) is 6.58 Å². The Hall–Kier alpha value is 0.673. The third-order valence-corrected chi connectivity index (χ3v) is 2.34. The van der Waals surface area contributed by atoms with Crippen molar-refractivity contribution in [1.82, 2.24) is 0 Å². The van der Waals surface area contributed by atoms with Gasteiger partial charge in [0.15, 0.2) is 0 Å². The van der Waals surface area contributed by atoms with Crippen molar-refractivity contribution in [2.45, 2.75) is 53.1 Å². The Morgan fingerprint density at radius 3 is 2.10 bits per heavy atom. The monoisotopic (exact) mass is 412 g/mol. The number of carbonyl (C=O) groups is 1. The van der Waals surface area contributed by atoms with Crippen LogP contribution in [0.3, 0.4) is 0 Å². The Balaban J connectivity index is -0.000000335. The van der Waals surface area contributed by atoms with Gasteiger partial charge in [0.25, 0.3) is 0 Å². The number of halogens is 2. The average Bonchev–Trinajstić information content (AvgIpc) is 2.41. The van der Waals surface area contributed by atoms with Crippen LogP contribution >= 0.6 is 17.0 Å². The molecule has 0 aliphatic rings. The van der Waals surface area contributed by atoms with Crippen molar-refractivity contribution in [3.63, 3.8) is 0 Å². The first-order chi connectivity index (χ1) is 9.81. The minimum atomic E-state index is -0.826. The molecule has 0 heterocycles. The quantitative estimate of drug-likeness (QED) is 0.301. The third kappa shape index (κ3) is 23.1. The molecule has 0 saturated carbocycles. The van der Waals surface area contributed by atoms with Gasteiger partial charge in [-0.2, -0.15) is 19.8 Å². The molecule has 0 N–H and O–H groups in total. The van der Waals surface area contributed by atoms with Crippen molar-refractivity contribution >= 4 is 23.0 Å². The van der Waals surface area contributed by atoms with E-state index in [1.807, 2.05) is 27.2 Å². The predicted molar refractivity (Wildman–Crippen MR) is 90.1 cm³/mol. The van der Waals surface area contributed by atoms with E-state index in [0.29, 0.717) is 5.57 Å². The molecular formula is C16H28Cl2O2Zr-4. The van der Waals surface area contributed by atoms with E-state index in [1.165, 1.54) is 0 Å². The molecule has 0 bridgehead atoms. The van der Waals surface area contributed by atoms with Crippen molar-refractivity contribution in [3.05, 3.63) is 38.8 Å². The second-order valence-electron chi connectivity index (χ2n) is 4.42. The van der Waals surface area contributed by atoms with E-state index in [-0.39, 0.29) is 18.0 Å². The molecule has 2 atom stereocenters. The molecule has 0 aliphatic carbocycles. The number of carbonyl (C=O) groups excluding carboxylic acids is 1. The normalized spacial score (nSPS) is 11.8. The first kappa shape index (κ1) is 26.6.